The number of hydrogen-bond donors (Lipinski definition) is 2. The Balaban J connectivity index is 1.68. The van der Waals surface area contributed by atoms with Gasteiger partial charge in [-0.1, -0.05) is 23.5 Å². The number of anilines is 1. The number of phenolic OH excluding ortho intramolecular Hbond substituents is 1. The number of methoxy groups -OCH3 is 1. The molecule has 1 aliphatic rings. The molecule has 1 aliphatic heterocycles. The van der Waals surface area contributed by atoms with Gasteiger partial charge >= 0.3 is 0 Å². The van der Waals surface area contributed by atoms with E-state index in [0.29, 0.717) is 22.0 Å². The maximum Gasteiger partial charge on any atom is 0.296 e. The van der Waals surface area contributed by atoms with Gasteiger partial charge in [0.15, 0.2) is 16.7 Å². The number of nitrogens with zero attached hydrogens (tertiary/aromatic N) is 2. The molecule has 4 aromatic rings. The average Bonchev–Trinajstić information content (AvgIpc) is 3.51. The van der Waals surface area contributed by atoms with Crippen LogP contribution < -0.4 is 9.64 Å². The molecule has 1 amide bonds. The maximum absolute atomic E-state index is 13.2. The number of benzene rings is 2. The number of ether oxygens (including phenoxy) is 1. The van der Waals surface area contributed by atoms with Crippen LogP contribution in [0.2, 0.25) is 0 Å². The number of phenols is 1. The van der Waals surface area contributed by atoms with Crippen LogP contribution in [0.1, 0.15) is 22.2 Å². The Morgan fingerprint density at radius 1 is 1.16 bits per heavy atom. The van der Waals surface area contributed by atoms with Crippen molar-refractivity contribution in [2.45, 2.75) is 6.04 Å². The number of hydrogen-bond acceptors (Lipinski definition) is 8. The van der Waals surface area contributed by atoms with Gasteiger partial charge in [0.05, 0.1) is 35.2 Å². The maximum atomic E-state index is 13.2. The first-order valence-corrected chi connectivity index (χ1v) is 10.4. The number of furan rings is 1. The van der Waals surface area contributed by atoms with Crippen molar-refractivity contribution >= 4 is 38.4 Å². The number of thiazole rings is 1. The quantitative estimate of drug-likeness (QED) is 0.436. The number of aromatic hydroxyl groups is 1. The molecule has 0 radical (unpaired) electrons. The molecule has 0 saturated carbocycles. The summed E-state index contributed by atoms with van der Waals surface area (Å²) in [5.41, 5.74) is 0.931. The molecule has 9 heteroatoms. The Bertz CT molecular complexity index is 1390. The first-order chi connectivity index (χ1) is 15.5. The molecule has 3 heterocycles. The zero-order chi connectivity index (χ0) is 22.4. The highest BCUT2D eigenvalue weighted by Gasteiger charge is 2.46. The van der Waals surface area contributed by atoms with E-state index >= 15 is 0 Å². The van der Waals surface area contributed by atoms with Gasteiger partial charge in [-0.15, -0.1) is 0 Å². The summed E-state index contributed by atoms with van der Waals surface area (Å²) in [6, 6.07) is 13.5. The molecule has 8 nitrogen and oxygen atoms in total. The second kappa shape index (κ2) is 7.54. The third-order valence-corrected chi connectivity index (χ3v) is 6.19. The molecule has 5 rings (SSSR count). The molecule has 0 fully saturated rings. The zero-order valence-corrected chi connectivity index (χ0v) is 17.5. The number of aromatic nitrogens is 1. The van der Waals surface area contributed by atoms with Gasteiger partial charge in [0, 0.05) is 0 Å². The normalized spacial score (nSPS) is 16.2. The summed E-state index contributed by atoms with van der Waals surface area (Å²) in [6.45, 7) is 0. The number of fused-ring (bicyclic) bond motifs is 1. The summed E-state index contributed by atoms with van der Waals surface area (Å²) in [5, 5.41) is 21.1. The molecule has 1 atom stereocenters. The standard InChI is InChI=1S/C23H16N2O6S/c1-30-14-7-8-15-17(11-14)32-23(24-15)25-19(12-4-2-5-13(26)10-12)18(21(28)22(25)29)20(27)16-6-3-9-31-16/h2-11,19,26,28H,1H3/t19-/m0/s1. The van der Waals surface area contributed by atoms with Crippen LogP contribution in [0, 0.1) is 0 Å². The average molecular weight is 448 g/mol. The number of aliphatic hydroxyl groups is 1. The number of amides is 1. The van der Waals surface area contributed by atoms with Crippen molar-refractivity contribution in [1.82, 2.24) is 4.98 Å². The summed E-state index contributed by atoms with van der Waals surface area (Å²) in [4.78, 5) is 32.2. The van der Waals surface area contributed by atoms with Crippen LogP contribution >= 0.6 is 11.3 Å². The third-order valence-electron chi connectivity index (χ3n) is 5.17. The van der Waals surface area contributed by atoms with E-state index in [1.165, 1.54) is 40.7 Å². The lowest BCUT2D eigenvalue weighted by Crippen LogP contribution is -2.30. The summed E-state index contributed by atoms with van der Waals surface area (Å²) in [7, 11) is 1.56. The van der Waals surface area contributed by atoms with Crippen LogP contribution in [0.3, 0.4) is 0 Å². The van der Waals surface area contributed by atoms with Gasteiger partial charge < -0.3 is 19.4 Å². The highest BCUT2D eigenvalue weighted by Crippen LogP contribution is 2.45. The molecule has 32 heavy (non-hydrogen) atoms. The Kier molecular flexibility index (Phi) is 4.67. The number of carbonyl (C=O) groups excluding carboxylic acids is 2. The lowest BCUT2D eigenvalue weighted by atomic mass is 9.95. The minimum atomic E-state index is -1.00. The Labute approximate surface area is 185 Å². The fourth-order valence-electron chi connectivity index (χ4n) is 3.71. The Morgan fingerprint density at radius 3 is 2.72 bits per heavy atom. The molecule has 0 spiro atoms. The van der Waals surface area contributed by atoms with Crippen molar-refractivity contribution < 1.29 is 29.0 Å². The summed E-state index contributed by atoms with van der Waals surface area (Å²) in [5.74, 6) is -1.49. The molecule has 0 aliphatic carbocycles. The van der Waals surface area contributed by atoms with Gasteiger partial charge in [-0.3, -0.25) is 14.5 Å². The van der Waals surface area contributed by atoms with Crippen molar-refractivity contribution in [3.63, 3.8) is 0 Å². The zero-order valence-electron chi connectivity index (χ0n) is 16.7. The van der Waals surface area contributed by atoms with Crippen molar-refractivity contribution in [3.05, 3.63) is 83.5 Å². The van der Waals surface area contributed by atoms with Crippen molar-refractivity contribution in [3.8, 4) is 11.5 Å². The van der Waals surface area contributed by atoms with Crippen LogP contribution in [0.5, 0.6) is 11.5 Å². The fraction of sp³-hybridized carbons (Fsp3) is 0.0870. The third kappa shape index (κ3) is 3.10. The van der Waals surface area contributed by atoms with Gasteiger partial charge in [-0.2, -0.15) is 0 Å². The van der Waals surface area contributed by atoms with E-state index in [2.05, 4.69) is 4.98 Å². The Hall–Kier alpha value is -4.11. The van der Waals surface area contributed by atoms with Crippen LogP contribution in [-0.4, -0.2) is 34.0 Å². The number of carbonyl (C=O) groups is 2. The largest absolute Gasteiger partial charge is 0.508 e. The van der Waals surface area contributed by atoms with Crippen LogP contribution in [0.15, 0.2) is 76.6 Å². The van der Waals surface area contributed by atoms with Gasteiger partial charge in [0.25, 0.3) is 5.91 Å². The molecule has 2 aromatic carbocycles. The van der Waals surface area contributed by atoms with Gasteiger partial charge in [0.1, 0.15) is 11.5 Å². The number of Topliss-reactive ketones (excluding diaryl/α,β-unsaturated/α-hetero) is 1. The second-order valence-electron chi connectivity index (χ2n) is 7.07. The number of aliphatic hydroxyl groups excluding tert-OH is 1. The van der Waals surface area contributed by atoms with Crippen molar-refractivity contribution in [1.29, 1.82) is 0 Å². The van der Waals surface area contributed by atoms with Crippen molar-refractivity contribution in [2.24, 2.45) is 0 Å². The van der Waals surface area contributed by atoms with Gasteiger partial charge in [-0.25, -0.2) is 4.98 Å². The molecule has 0 saturated heterocycles. The monoisotopic (exact) mass is 448 g/mol. The Morgan fingerprint density at radius 2 is 2.00 bits per heavy atom. The molecular weight excluding hydrogens is 432 g/mol. The molecule has 2 aromatic heterocycles. The van der Waals surface area contributed by atoms with Crippen LogP contribution in [0.4, 0.5) is 5.13 Å². The first kappa shape index (κ1) is 19.8. The van der Waals surface area contributed by atoms with E-state index in [1.807, 2.05) is 0 Å². The molecule has 2 N–H and O–H groups in total. The summed E-state index contributed by atoms with van der Waals surface area (Å²) < 4.78 is 11.2. The van der Waals surface area contributed by atoms with Gasteiger partial charge in [-0.05, 0) is 48.0 Å². The SMILES string of the molecule is COc1ccc2nc(N3C(=O)C(O)=C(C(=O)c4ccco4)[C@@H]3c3cccc(O)c3)sc2c1. The van der Waals surface area contributed by atoms with E-state index in [9.17, 15) is 19.8 Å². The van der Waals surface area contributed by atoms with Crippen molar-refractivity contribution in [2.75, 3.05) is 12.0 Å². The highest BCUT2D eigenvalue weighted by molar-refractivity contribution is 7.22. The fourth-order valence-corrected chi connectivity index (χ4v) is 4.73. The van der Waals surface area contributed by atoms with E-state index in [1.54, 1.807) is 43.5 Å². The lowest BCUT2D eigenvalue weighted by Gasteiger charge is -2.24. The molecule has 0 unspecified atom stereocenters. The first-order valence-electron chi connectivity index (χ1n) is 9.56. The highest BCUT2D eigenvalue weighted by atomic mass is 32.1. The summed E-state index contributed by atoms with van der Waals surface area (Å²) >= 11 is 1.22. The lowest BCUT2D eigenvalue weighted by molar-refractivity contribution is -0.117. The smallest absolute Gasteiger partial charge is 0.296 e. The topological polar surface area (TPSA) is 113 Å². The number of ketones is 1. The molecule has 0 bridgehead atoms. The predicted octanol–water partition coefficient (Wildman–Crippen LogP) is 4.39. The minimum Gasteiger partial charge on any atom is -0.508 e. The van der Waals surface area contributed by atoms with E-state index < -0.39 is 23.5 Å². The minimum absolute atomic E-state index is 0.0135. The van der Waals surface area contributed by atoms with E-state index in [-0.39, 0.29) is 17.1 Å². The molecule has 160 valence electrons. The van der Waals surface area contributed by atoms with Gasteiger partial charge in [0.2, 0.25) is 5.78 Å². The summed E-state index contributed by atoms with van der Waals surface area (Å²) in [6.07, 6.45) is 1.34. The second-order valence-corrected chi connectivity index (χ2v) is 8.08. The predicted molar refractivity (Wildman–Crippen MR) is 117 cm³/mol. The number of rotatable bonds is 5. The van der Waals surface area contributed by atoms with E-state index in [0.717, 1.165) is 4.70 Å². The van der Waals surface area contributed by atoms with Crippen LogP contribution in [0.25, 0.3) is 10.2 Å². The molecular formula is C23H16N2O6S. The van der Waals surface area contributed by atoms with E-state index in [4.69, 9.17) is 9.15 Å². The van der Waals surface area contributed by atoms with Crippen LogP contribution in [-0.2, 0) is 4.79 Å².